The van der Waals surface area contributed by atoms with Gasteiger partial charge in [-0.2, -0.15) is 5.10 Å². The van der Waals surface area contributed by atoms with Crippen molar-refractivity contribution in [3.63, 3.8) is 0 Å². The van der Waals surface area contributed by atoms with Crippen molar-refractivity contribution in [2.45, 2.75) is 40.3 Å². The van der Waals surface area contributed by atoms with Crippen LogP contribution in [0.15, 0.2) is 36.9 Å². The summed E-state index contributed by atoms with van der Waals surface area (Å²) in [5.41, 5.74) is 3.73. The van der Waals surface area contributed by atoms with Gasteiger partial charge in [-0.05, 0) is 12.1 Å². The molecule has 0 fully saturated rings. The first-order chi connectivity index (χ1) is 15.3. The molecule has 0 N–H and O–H groups in total. The molecular weight excluding hydrogens is 404 g/mol. The Bertz CT molecular complexity index is 945. The van der Waals surface area contributed by atoms with E-state index in [4.69, 9.17) is 14.6 Å². The molecule has 0 aliphatic carbocycles. The largest absolute Gasteiger partial charge is 0.494 e. The number of ether oxygens (including phenoxy) is 2. The summed E-state index contributed by atoms with van der Waals surface area (Å²) in [5, 5.41) is 5.03. The fourth-order valence-corrected chi connectivity index (χ4v) is 4.12. The predicted molar refractivity (Wildman–Crippen MR) is 126 cm³/mol. The van der Waals surface area contributed by atoms with Gasteiger partial charge < -0.3 is 14.4 Å². The van der Waals surface area contributed by atoms with E-state index in [0.29, 0.717) is 19.7 Å². The van der Waals surface area contributed by atoms with Crippen molar-refractivity contribution >= 4 is 5.91 Å². The normalized spacial score (nSPS) is 14.2. The highest BCUT2D eigenvalue weighted by atomic mass is 16.5. The van der Waals surface area contributed by atoms with Crippen LogP contribution in [0.25, 0.3) is 5.69 Å². The lowest BCUT2D eigenvalue weighted by molar-refractivity contribution is -0.140. The van der Waals surface area contributed by atoms with Crippen molar-refractivity contribution in [1.29, 1.82) is 0 Å². The minimum absolute atomic E-state index is 0.0916. The third-order valence-electron chi connectivity index (χ3n) is 5.76. The van der Waals surface area contributed by atoms with Crippen molar-refractivity contribution in [3.8, 4) is 11.4 Å². The van der Waals surface area contributed by atoms with Crippen molar-refractivity contribution in [3.05, 3.63) is 53.9 Å². The lowest BCUT2D eigenvalue weighted by atomic mass is 9.94. The first-order valence-electron chi connectivity index (χ1n) is 11.1. The second kappa shape index (κ2) is 10.3. The van der Waals surface area contributed by atoms with Crippen molar-refractivity contribution in [2.24, 2.45) is 5.41 Å². The average Bonchev–Trinajstić information content (AvgIpc) is 3.13. The van der Waals surface area contributed by atoms with Gasteiger partial charge in [0, 0.05) is 50.7 Å². The second-order valence-corrected chi connectivity index (χ2v) is 9.20. The van der Waals surface area contributed by atoms with Crippen LogP contribution in [-0.4, -0.2) is 65.9 Å². The molecule has 0 bridgehead atoms. The Morgan fingerprint density at radius 2 is 2.03 bits per heavy atom. The number of hydrogen-bond acceptors (Lipinski definition) is 5. The summed E-state index contributed by atoms with van der Waals surface area (Å²) in [7, 11) is 3.33. The molecule has 1 amide bonds. The van der Waals surface area contributed by atoms with E-state index < -0.39 is 5.41 Å². The van der Waals surface area contributed by atoms with E-state index in [1.807, 2.05) is 60.7 Å². The van der Waals surface area contributed by atoms with Gasteiger partial charge in [0.25, 0.3) is 0 Å². The predicted octanol–water partition coefficient (Wildman–Crippen LogP) is 3.45. The molecule has 0 unspecified atom stereocenters. The van der Waals surface area contributed by atoms with Gasteiger partial charge in [0.15, 0.2) is 0 Å². The zero-order valence-corrected chi connectivity index (χ0v) is 20.1. The summed E-state index contributed by atoms with van der Waals surface area (Å²) in [6, 6.07) is 7.92. The second-order valence-electron chi connectivity index (χ2n) is 9.20. The molecule has 0 saturated heterocycles. The van der Waals surface area contributed by atoms with Crippen LogP contribution in [0.3, 0.4) is 0 Å². The molecule has 1 aromatic heterocycles. The van der Waals surface area contributed by atoms with E-state index in [9.17, 15) is 4.79 Å². The number of rotatable bonds is 9. The molecule has 1 aliphatic rings. The minimum Gasteiger partial charge on any atom is -0.494 e. The highest BCUT2D eigenvalue weighted by Crippen LogP contribution is 2.30. The number of aromatic nitrogens is 2. The Morgan fingerprint density at radius 1 is 1.28 bits per heavy atom. The third-order valence-corrected chi connectivity index (χ3v) is 5.76. The molecule has 7 nitrogen and oxygen atoms in total. The number of carbonyl (C=O) groups is 1. The maximum Gasteiger partial charge on any atom is 0.228 e. The van der Waals surface area contributed by atoms with E-state index in [0.717, 1.165) is 43.2 Å². The molecule has 0 atom stereocenters. The summed E-state index contributed by atoms with van der Waals surface area (Å²) in [6.07, 6.45) is 2.81. The molecule has 1 aliphatic heterocycles. The Morgan fingerprint density at radius 3 is 2.69 bits per heavy atom. The average molecular weight is 441 g/mol. The van der Waals surface area contributed by atoms with Crippen LogP contribution in [-0.2, 0) is 29.0 Å². The summed E-state index contributed by atoms with van der Waals surface area (Å²) in [6.45, 7) is 13.8. The number of para-hydroxylation sites is 2. The topological polar surface area (TPSA) is 59.8 Å². The fourth-order valence-electron chi connectivity index (χ4n) is 4.12. The molecule has 0 radical (unpaired) electrons. The lowest BCUT2D eigenvalue weighted by Gasteiger charge is -2.30. The smallest absolute Gasteiger partial charge is 0.228 e. The molecule has 174 valence electrons. The van der Waals surface area contributed by atoms with E-state index >= 15 is 0 Å². The number of nitrogens with zero attached hydrogens (tertiary/aromatic N) is 4. The van der Waals surface area contributed by atoms with Gasteiger partial charge in [0.2, 0.25) is 5.91 Å². The standard InChI is InChI=1S/C25H36N4O3/c1-7-13-27-14-12-21-19(17-27)20(18-28(15-16-31-5)24(30)25(2,3)4)26-29(21)22-10-8-9-11-23(22)32-6/h7-11H,1,12-18H2,2-6H3. The summed E-state index contributed by atoms with van der Waals surface area (Å²) >= 11 is 0. The van der Waals surface area contributed by atoms with Gasteiger partial charge in [-0.15, -0.1) is 6.58 Å². The Kier molecular flexibility index (Phi) is 7.74. The van der Waals surface area contributed by atoms with Gasteiger partial charge in [0.1, 0.15) is 11.4 Å². The first-order valence-corrected chi connectivity index (χ1v) is 11.1. The molecule has 2 aromatic rings. The van der Waals surface area contributed by atoms with Crippen LogP contribution in [0, 0.1) is 5.41 Å². The Hall–Kier alpha value is -2.64. The fraction of sp³-hybridized carbons (Fsp3) is 0.520. The Labute approximate surface area is 191 Å². The maximum absolute atomic E-state index is 13.2. The molecule has 32 heavy (non-hydrogen) atoms. The van der Waals surface area contributed by atoms with Gasteiger partial charge in [0.05, 0.1) is 31.6 Å². The molecule has 3 rings (SSSR count). The molecule has 2 heterocycles. The van der Waals surface area contributed by atoms with Crippen LogP contribution in [0.2, 0.25) is 0 Å². The quantitative estimate of drug-likeness (QED) is 0.559. The van der Waals surface area contributed by atoms with Crippen LogP contribution in [0.4, 0.5) is 0 Å². The molecule has 0 spiro atoms. The lowest BCUT2D eigenvalue weighted by Crippen LogP contribution is -2.41. The Balaban J connectivity index is 2.05. The van der Waals surface area contributed by atoms with Gasteiger partial charge >= 0.3 is 0 Å². The van der Waals surface area contributed by atoms with E-state index in [1.54, 1.807) is 14.2 Å². The number of carbonyl (C=O) groups excluding carboxylic acids is 1. The highest BCUT2D eigenvalue weighted by molar-refractivity contribution is 5.81. The van der Waals surface area contributed by atoms with Gasteiger partial charge in [-0.25, -0.2) is 4.68 Å². The van der Waals surface area contributed by atoms with Crippen molar-refractivity contribution in [1.82, 2.24) is 19.6 Å². The van der Waals surface area contributed by atoms with Crippen molar-refractivity contribution in [2.75, 3.05) is 40.5 Å². The maximum atomic E-state index is 13.2. The van der Waals surface area contributed by atoms with Crippen LogP contribution in [0.1, 0.15) is 37.7 Å². The van der Waals surface area contributed by atoms with Crippen molar-refractivity contribution < 1.29 is 14.3 Å². The SMILES string of the molecule is C=CCN1CCc2c(c(CN(CCOC)C(=O)C(C)(C)C)nn2-c2ccccc2OC)C1. The zero-order valence-electron chi connectivity index (χ0n) is 20.1. The molecule has 7 heteroatoms. The number of hydrogen-bond donors (Lipinski definition) is 0. The van der Waals surface area contributed by atoms with E-state index in [-0.39, 0.29) is 5.91 Å². The summed E-state index contributed by atoms with van der Waals surface area (Å²) in [4.78, 5) is 17.4. The van der Waals surface area contributed by atoms with Gasteiger partial charge in [-0.1, -0.05) is 39.0 Å². The highest BCUT2D eigenvalue weighted by Gasteiger charge is 2.31. The number of fused-ring (bicyclic) bond motifs is 1. The summed E-state index contributed by atoms with van der Waals surface area (Å²) in [5.74, 6) is 0.869. The molecule has 0 saturated carbocycles. The third kappa shape index (κ3) is 5.22. The monoisotopic (exact) mass is 440 g/mol. The number of benzene rings is 1. The zero-order chi connectivity index (χ0) is 23.3. The molecular formula is C25H36N4O3. The van der Waals surface area contributed by atoms with E-state index in [2.05, 4.69) is 11.5 Å². The molecule has 1 aromatic carbocycles. The van der Waals surface area contributed by atoms with Crippen LogP contribution in [0.5, 0.6) is 5.75 Å². The number of amides is 1. The van der Waals surface area contributed by atoms with Crippen LogP contribution >= 0.6 is 0 Å². The van der Waals surface area contributed by atoms with Gasteiger partial charge in [-0.3, -0.25) is 9.69 Å². The number of methoxy groups -OCH3 is 2. The van der Waals surface area contributed by atoms with Crippen LogP contribution < -0.4 is 4.74 Å². The van der Waals surface area contributed by atoms with E-state index in [1.165, 1.54) is 11.3 Å². The summed E-state index contributed by atoms with van der Waals surface area (Å²) < 4.78 is 12.9. The minimum atomic E-state index is -0.478. The first kappa shape index (κ1) is 24.0.